The molecular formula is C22H33N3O2. The van der Waals surface area contributed by atoms with Gasteiger partial charge in [-0.15, -0.1) is 0 Å². The highest BCUT2D eigenvalue weighted by Crippen LogP contribution is 2.30. The minimum absolute atomic E-state index is 0.0814. The number of amides is 1. The molecule has 27 heavy (non-hydrogen) atoms. The van der Waals surface area contributed by atoms with E-state index in [9.17, 15) is 4.79 Å². The van der Waals surface area contributed by atoms with Crippen LogP contribution in [0.2, 0.25) is 0 Å². The largest absolute Gasteiger partial charge is 0.381 e. The first kappa shape index (κ1) is 18.8. The average Bonchev–Trinajstić information content (AvgIpc) is 2.73. The number of fused-ring (bicyclic) bond motifs is 1. The van der Waals surface area contributed by atoms with Crippen molar-refractivity contribution in [3.8, 4) is 0 Å². The monoisotopic (exact) mass is 371 g/mol. The SMILES string of the molecule is O=C(NCC1CCNCC1)c1ccc2c(c1)CCCN2CC1CCOCC1. The van der Waals surface area contributed by atoms with Gasteiger partial charge in [-0.25, -0.2) is 0 Å². The lowest BCUT2D eigenvalue weighted by molar-refractivity contribution is 0.0681. The number of piperidine rings is 1. The Labute approximate surface area is 162 Å². The lowest BCUT2D eigenvalue weighted by Gasteiger charge is -2.35. The summed E-state index contributed by atoms with van der Waals surface area (Å²) < 4.78 is 5.50. The van der Waals surface area contributed by atoms with Gasteiger partial charge >= 0.3 is 0 Å². The predicted molar refractivity (Wildman–Crippen MR) is 108 cm³/mol. The van der Waals surface area contributed by atoms with E-state index in [-0.39, 0.29) is 5.91 Å². The van der Waals surface area contributed by atoms with Gasteiger partial charge in [0.2, 0.25) is 0 Å². The molecule has 2 N–H and O–H groups in total. The number of nitrogens with one attached hydrogen (secondary N) is 2. The Morgan fingerprint density at radius 3 is 2.78 bits per heavy atom. The van der Waals surface area contributed by atoms with Gasteiger partial charge in [0.15, 0.2) is 0 Å². The molecule has 1 amide bonds. The number of hydrogen-bond acceptors (Lipinski definition) is 4. The summed E-state index contributed by atoms with van der Waals surface area (Å²) in [5.74, 6) is 1.43. The van der Waals surface area contributed by atoms with Crippen LogP contribution in [0.15, 0.2) is 18.2 Å². The summed E-state index contributed by atoms with van der Waals surface area (Å²) in [6.07, 6.45) is 6.91. The average molecular weight is 372 g/mol. The van der Waals surface area contributed by atoms with Crippen LogP contribution in [-0.2, 0) is 11.2 Å². The second-order valence-electron chi connectivity index (χ2n) is 8.35. The third-order valence-corrected chi connectivity index (χ3v) is 6.39. The van der Waals surface area contributed by atoms with Gasteiger partial charge in [-0.2, -0.15) is 0 Å². The Morgan fingerprint density at radius 1 is 1.15 bits per heavy atom. The van der Waals surface area contributed by atoms with Gasteiger partial charge in [-0.05, 0) is 87.2 Å². The van der Waals surface area contributed by atoms with Crippen LogP contribution in [0.1, 0.15) is 48.0 Å². The van der Waals surface area contributed by atoms with Crippen molar-refractivity contribution in [2.75, 3.05) is 50.8 Å². The van der Waals surface area contributed by atoms with Crippen LogP contribution in [0.3, 0.4) is 0 Å². The van der Waals surface area contributed by atoms with Crippen LogP contribution >= 0.6 is 0 Å². The molecule has 0 bridgehead atoms. The summed E-state index contributed by atoms with van der Waals surface area (Å²) >= 11 is 0. The maximum atomic E-state index is 12.6. The van der Waals surface area contributed by atoms with Crippen LogP contribution in [0.5, 0.6) is 0 Å². The minimum Gasteiger partial charge on any atom is -0.381 e. The second kappa shape index (κ2) is 9.07. The topological polar surface area (TPSA) is 53.6 Å². The number of nitrogens with zero attached hydrogens (tertiary/aromatic N) is 1. The molecule has 2 fully saturated rings. The van der Waals surface area contributed by atoms with Gasteiger partial charge in [-0.3, -0.25) is 4.79 Å². The van der Waals surface area contributed by atoms with E-state index in [4.69, 9.17) is 4.74 Å². The Kier molecular flexibility index (Phi) is 6.30. The van der Waals surface area contributed by atoms with E-state index in [1.807, 2.05) is 6.07 Å². The van der Waals surface area contributed by atoms with Crippen molar-refractivity contribution in [1.29, 1.82) is 0 Å². The molecule has 0 atom stereocenters. The Balaban J connectivity index is 1.37. The van der Waals surface area contributed by atoms with Crippen LogP contribution in [0.4, 0.5) is 5.69 Å². The van der Waals surface area contributed by atoms with E-state index in [0.29, 0.717) is 5.92 Å². The summed E-state index contributed by atoms with van der Waals surface area (Å²) in [6.45, 7) is 7.00. The smallest absolute Gasteiger partial charge is 0.251 e. The van der Waals surface area contributed by atoms with E-state index < -0.39 is 0 Å². The van der Waals surface area contributed by atoms with Gasteiger partial charge < -0.3 is 20.3 Å². The van der Waals surface area contributed by atoms with E-state index in [2.05, 4.69) is 27.7 Å². The first-order valence-corrected chi connectivity index (χ1v) is 10.7. The molecule has 0 aliphatic carbocycles. The molecule has 0 spiro atoms. The molecule has 3 heterocycles. The van der Waals surface area contributed by atoms with Crippen LogP contribution in [-0.4, -0.2) is 51.8 Å². The summed E-state index contributed by atoms with van der Waals surface area (Å²) in [4.78, 5) is 15.2. The molecule has 4 rings (SSSR count). The molecule has 148 valence electrons. The van der Waals surface area contributed by atoms with Crippen LogP contribution in [0.25, 0.3) is 0 Å². The number of aryl methyl sites for hydroxylation is 1. The van der Waals surface area contributed by atoms with Gasteiger partial charge in [0, 0.05) is 44.1 Å². The number of anilines is 1. The van der Waals surface area contributed by atoms with Crippen molar-refractivity contribution in [3.05, 3.63) is 29.3 Å². The number of rotatable bonds is 5. The third-order valence-electron chi connectivity index (χ3n) is 6.39. The zero-order valence-electron chi connectivity index (χ0n) is 16.3. The predicted octanol–water partition coefficient (Wildman–Crippen LogP) is 2.60. The quantitative estimate of drug-likeness (QED) is 0.835. The van der Waals surface area contributed by atoms with Crippen LogP contribution in [0, 0.1) is 11.8 Å². The maximum absolute atomic E-state index is 12.6. The van der Waals surface area contributed by atoms with Crippen molar-refractivity contribution < 1.29 is 9.53 Å². The highest BCUT2D eigenvalue weighted by Gasteiger charge is 2.23. The molecule has 2 saturated heterocycles. The molecule has 1 aromatic carbocycles. The molecule has 0 radical (unpaired) electrons. The van der Waals surface area contributed by atoms with Gasteiger partial charge in [0.05, 0.1) is 0 Å². The second-order valence-corrected chi connectivity index (χ2v) is 8.35. The van der Waals surface area contributed by atoms with E-state index in [1.165, 1.54) is 30.5 Å². The fourth-order valence-corrected chi connectivity index (χ4v) is 4.67. The Bertz CT molecular complexity index is 636. The van der Waals surface area contributed by atoms with Gasteiger partial charge in [0.1, 0.15) is 0 Å². The molecule has 0 unspecified atom stereocenters. The zero-order chi connectivity index (χ0) is 18.5. The number of hydrogen-bond donors (Lipinski definition) is 2. The maximum Gasteiger partial charge on any atom is 0.251 e. The molecule has 3 aliphatic rings. The molecule has 0 aromatic heterocycles. The van der Waals surface area contributed by atoms with Crippen molar-refractivity contribution >= 4 is 11.6 Å². The number of carbonyl (C=O) groups excluding carboxylic acids is 1. The Hall–Kier alpha value is -1.59. The molecular weight excluding hydrogens is 338 g/mol. The normalized spacial score (nSPS) is 21.7. The fraction of sp³-hybridized carbons (Fsp3) is 0.682. The van der Waals surface area contributed by atoms with Gasteiger partial charge in [0.25, 0.3) is 5.91 Å². The van der Waals surface area contributed by atoms with Crippen molar-refractivity contribution in [2.24, 2.45) is 11.8 Å². The number of ether oxygens (including phenoxy) is 1. The van der Waals surface area contributed by atoms with Crippen molar-refractivity contribution in [2.45, 2.75) is 38.5 Å². The standard InChI is InChI=1S/C22H33N3O2/c26-22(24-15-17-5-9-23-10-6-17)20-3-4-21-19(14-20)2-1-11-25(21)16-18-7-12-27-13-8-18/h3-4,14,17-18,23H,1-2,5-13,15-16H2,(H,24,26). The molecule has 5 nitrogen and oxygen atoms in total. The summed E-state index contributed by atoms with van der Waals surface area (Å²) in [5.41, 5.74) is 3.49. The van der Waals surface area contributed by atoms with E-state index in [0.717, 1.165) is 76.7 Å². The van der Waals surface area contributed by atoms with Crippen LogP contribution < -0.4 is 15.5 Å². The molecule has 0 saturated carbocycles. The lowest BCUT2D eigenvalue weighted by atomic mass is 9.95. The highest BCUT2D eigenvalue weighted by atomic mass is 16.5. The molecule has 3 aliphatic heterocycles. The first-order valence-electron chi connectivity index (χ1n) is 10.7. The lowest BCUT2D eigenvalue weighted by Crippen LogP contribution is -2.37. The molecule has 5 heteroatoms. The highest BCUT2D eigenvalue weighted by molar-refractivity contribution is 5.95. The first-order chi connectivity index (χ1) is 13.3. The molecule has 1 aromatic rings. The van der Waals surface area contributed by atoms with Crippen molar-refractivity contribution in [1.82, 2.24) is 10.6 Å². The summed E-state index contributed by atoms with van der Waals surface area (Å²) in [6, 6.07) is 6.31. The summed E-state index contributed by atoms with van der Waals surface area (Å²) in [7, 11) is 0. The van der Waals surface area contributed by atoms with E-state index >= 15 is 0 Å². The minimum atomic E-state index is 0.0814. The van der Waals surface area contributed by atoms with Crippen molar-refractivity contribution in [3.63, 3.8) is 0 Å². The summed E-state index contributed by atoms with van der Waals surface area (Å²) in [5, 5.41) is 6.54. The zero-order valence-corrected chi connectivity index (χ0v) is 16.3. The van der Waals surface area contributed by atoms with Gasteiger partial charge in [-0.1, -0.05) is 0 Å². The third kappa shape index (κ3) is 4.82. The van der Waals surface area contributed by atoms with E-state index in [1.54, 1.807) is 0 Å². The number of carbonyl (C=O) groups is 1. The number of benzene rings is 1. The fourth-order valence-electron chi connectivity index (χ4n) is 4.67. The Morgan fingerprint density at radius 2 is 1.96 bits per heavy atom.